The number of nitrogens with zero attached hydrogens (tertiary/aromatic N) is 5. The van der Waals surface area contributed by atoms with Crippen LogP contribution in [0.1, 0.15) is 20.1 Å². The van der Waals surface area contributed by atoms with Crippen LogP contribution in [0.25, 0.3) is 11.2 Å². The van der Waals surface area contributed by atoms with E-state index in [1.54, 1.807) is 0 Å². The Hall–Kier alpha value is -0.575. The van der Waals surface area contributed by atoms with Crippen LogP contribution in [0.5, 0.6) is 0 Å². The molecule has 1 saturated heterocycles. The molecule has 0 spiro atoms. The maximum atomic E-state index is 12.3. The SMILES string of the molecule is C[B]C(Br)(P(O)OP(=O)(O)OC[C@H]1O[C@@H](n2cnc3c(N(CC)CC)ncnc32)[C@H](O)[C@@H]1O)P(=O)(O)O. The Morgan fingerprint density at radius 2 is 1.86 bits per heavy atom. The van der Waals surface area contributed by atoms with Crippen molar-refractivity contribution < 1.29 is 52.5 Å². The van der Waals surface area contributed by atoms with E-state index in [1.165, 1.54) is 24.0 Å². The number of aliphatic hydroxyl groups is 2. The van der Waals surface area contributed by atoms with Crippen molar-refractivity contribution in [2.75, 3.05) is 24.6 Å². The van der Waals surface area contributed by atoms with Gasteiger partial charge in [0, 0.05) is 13.1 Å². The van der Waals surface area contributed by atoms with Crippen LogP contribution in [0, 0.1) is 0 Å². The first-order chi connectivity index (χ1) is 17.2. The number of rotatable bonds is 12. The number of ether oxygens (including phenoxy) is 1. The molecular formula is C16H27BBrN5O11P3. The van der Waals surface area contributed by atoms with Gasteiger partial charge in [-0.1, -0.05) is 22.8 Å². The highest BCUT2D eigenvalue weighted by Gasteiger charge is 2.54. The van der Waals surface area contributed by atoms with E-state index < -0.39 is 58.6 Å². The first kappa shape index (κ1) is 31.0. The van der Waals surface area contributed by atoms with Crippen LogP contribution in [0.4, 0.5) is 5.82 Å². The number of hydrogen-bond donors (Lipinski definition) is 6. The van der Waals surface area contributed by atoms with E-state index in [1.807, 2.05) is 18.7 Å². The number of halogens is 1. The number of aliphatic hydroxyl groups excluding tert-OH is 2. The van der Waals surface area contributed by atoms with Gasteiger partial charge in [-0.25, -0.2) is 23.8 Å². The summed E-state index contributed by atoms with van der Waals surface area (Å²) in [6.45, 7) is 5.65. The Balaban J connectivity index is 1.74. The highest BCUT2D eigenvalue weighted by molar-refractivity contribution is 9.13. The van der Waals surface area contributed by atoms with E-state index in [9.17, 15) is 38.9 Å². The maximum absolute atomic E-state index is 12.3. The van der Waals surface area contributed by atoms with Gasteiger partial charge in [-0.2, -0.15) is 0 Å². The zero-order valence-electron chi connectivity index (χ0n) is 19.8. The Morgan fingerprint density at radius 3 is 2.43 bits per heavy atom. The number of fused-ring (bicyclic) bond motifs is 1. The van der Waals surface area contributed by atoms with Crippen LogP contribution < -0.4 is 4.90 Å². The molecule has 7 atom stereocenters. The second-order valence-electron chi connectivity index (χ2n) is 7.83. The van der Waals surface area contributed by atoms with Crippen molar-refractivity contribution in [1.82, 2.24) is 19.5 Å². The molecule has 0 aliphatic carbocycles. The second kappa shape index (κ2) is 11.9. The minimum Gasteiger partial charge on any atom is -0.387 e. The standard InChI is InChI=1S/C16H27BBrN5O11P3/c1-4-22(5-2)13-10-14(20-7-19-13)23(8-21-10)15-12(25)11(24)9(33-15)6-32-37(30,31)34-35(26)16(18,17-3)36(27,28)29/h7-9,11-12,15,24-26H,4-6H2,1-3H3,(H,30,31)(H2,27,28,29)/t9-,11-,12-,15-,16?,35?/m1/s1. The van der Waals surface area contributed by atoms with Gasteiger partial charge in [-0.15, -0.1) is 0 Å². The van der Waals surface area contributed by atoms with Gasteiger partial charge in [0.1, 0.15) is 24.6 Å². The lowest BCUT2D eigenvalue weighted by Crippen LogP contribution is -2.33. The molecule has 6 N–H and O–H groups in total. The zero-order chi connectivity index (χ0) is 27.8. The van der Waals surface area contributed by atoms with E-state index in [-0.39, 0.29) is 0 Å². The van der Waals surface area contributed by atoms with Gasteiger partial charge in [-0.05, 0) is 13.8 Å². The monoisotopic (exact) mass is 648 g/mol. The number of imidazole rings is 1. The van der Waals surface area contributed by atoms with Crippen molar-refractivity contribution >= 4 is 64.0 Å². The molecule has 0 aromatic carbocycles. The lowest BCUT2D eigenvalue weighted by atomic mass is 9.86. The molecule has 207 valence electrons. The summed E-state index contributed by atoms with van der Waals surface area (Å²) >= 11 is 2.66. The van der Waals surface area contributed by atoms with E-state index in [0.717, 1.165) is 7.28 Å². The summed E-state index contributed by atoms with van der Waals surface area (Å²) < 4.78 is 38.0. The maximum Gasteiger partial charge on any atom is 0.477 e. The molecular weight excluding hydrogens is 622 g/mol. The summed E-state index contributed by atoms with van der Waals surface area (Å²) in [6.07, 6.45) is -2.92. The van der Waals surface area contributed by atoms with Crippen molar-refractivity contribution in [3.63, 3.8) is 0 Å². The highest BCUT2D eigenvalue weighted by atomic mass is 79.9. The fourth-order valence-corrected chi connectivity index (χ4v) is 7.74. The summed E-state index contributed by atoms with van der Waals surface area (Å²) in [5.41, 5.74) is 0.760. The fraction of sp³-hybridized carbons (Fsp3) is 0.688. The van der Waals surface area contributed by atoms with Gasteiger partial charge in [0.05, 0.1) is 12.9 Å². The first-order valence-corrected chi connectivity index (χ1v) is 16.0. The third-order valence-electron chi connectivity index (χ3n) is 5.64. The van der Waals surface area contributed by atoms with E-state index in [2.05, 4.69) is 35.2 Å². The molecule has 0 amide bonds. The van der Waals surface area contributed by atoms with Crippen LogP contribution in [-0.2, 0) is 22.7 Å². The topological polar surface area (TPSA) is 230 Å². The largest absolute Gasteiger partial charge is 0.477 e. The third kappa shape index (κ3) is 6.27. The molecule has 1 radical (unpaired) electrons. The molecule has 0 saturated carbocycles. The lowest BCUT2D eigenvalue weighted by molar-refractivity contribution is -0.0501. The van der Waals surface area contributed by atoms with E-state index in [4.69, 9.17) is 9.26 Å². The Kier molecular flexibility index (Phi) is 9.95. The fourth-order valence-electron chi connectivity index (χ4n) is 3.61. The Labute approximate surface area is 222 Å². The van der Waals surface area contributed by atoms with Crippen molar-refractivity contribution in [2.45, 2.75) is 48.9 Å². The molecule has 21 heteroatoms. The third-order valence-corrected chi connectivity index (χ3v) is 13.5. The van der Waals surface area contributed by atoms with Gasteiger partial charge in [0.25, 0.3) is 0 Å². The number of anilines is 1. The van der Waals surface area contributed by atoms with Crippen molar-refractivity contribution in [3.05, 3.63) is 12.7 Å². The summed E-state index contributed by atoms with van der Waals surface area (Å²) in [5.74, 6) is 0.572. The number of aromatic nitrogens is 4. The second-order valence-corrected chi connectivity index (χ2v) is 15.6. The lowest BCUT2D eigenvalue weighted by Gasteiger charge is -2.31. The predicted octanol–water partition coefficient (Wildman–Crippen LogP) is 0.666. The number of alkyl halides is 1. The smallest absolute Gasteiger partial charge is 0.387 e. The average Bonchev–Trinajstić information content (AvgIpc) is 3.38. The number of hydrogen-bond acceptors (Lipinski definition) is 12. The van der Waals surface area contributed by atoms with Crippen molar-refractivity contribution in [3.8, 4) is 0 Å². The number of phosphoric acid groups is 1. The molecule has 3 heterocycles. The van der Waals surface area contributed by atoms with Crippen LogP contribution in [0.2, 0.25) is 6.82 Å². The van der Waals surface area contributed by atoms with Gasteiger partial charge >= 0.3 is 15.4 Å². The normalized spacial score (nSPS) is 26.5. The summed E-state index contributed by atoms with van der Waals surface area (Å²) in [7, 11) is -12.5. The van der Waals surface area contributed by atoms with Crippen LogP contribution >= 0.6 is 39.7 Å². The molecule has 37 heavy (non-hydrogen) atoms. The van der Waals surface area contributed by atoms with Gasteiger partial charge in [-0.3, -0.25) is 13.7 Å². The van der Waals surface area contributed by atoms with Gasteiger partial charge in [0.2, 0.25) is 0 Å². The molecule has 0 bridgehead atoms. The molecule has 3 rings (SSSR count). The quantitative estimate of drug-likeness (QED) is 0.105. The van der Waals surface area contributed by atoms with Crippen LogP contribution in [-0.4, -0.2) is 98.3 Å². The molecule has 3 unspecified atom stereocenters. The molecule has 2 aromatic heterocycles. The van der Waals surface area contributed by atoms with Gasteiger partial charge < -0.3 is 39.4 Å². The highest BCUT2D eigenvalue weighted by Crippen LogP contribution is 2.73. The molecule has 1 aliphatic heterocycles. The Bertz CT molecular complexity index is 1190. The summed E-state index contributed by atoms with van der Waals surface area (Å²) in [6, 6.07) is 0. The molecule has 2 aromatic rings. The van der Waals surface area contributed by atoms with Crippen molar-refractivity contribution in [2.24, 2.45) is 0 Å². The minimum absolute atomic E-state index is 0.318. The zero-order valence-corrected chi connectivity index (χ0v) is 24.1. The van der Waals surface area contributed by atoms with Crippen LogP contribution in [0.15, 0.2) is 12.7 Å². The van der Waals surface area contributed by atoms with E-state index in [0.29, 0.717) is 30.1 Å². The average molecular weight is 649 g/mol. The summed E-state index contributed by atoms with van der Waals surface area (Å²) in [5, 5.41) is 21.1. The van der Waals surface area contributed by atoms with Crippen molar-refractivity contribution in [1.29, 1.82) is 0 Å². The number of phosphoric ester groups is 1. The Morgan fingerprint density at radius 1 is 1.22 bits per heavy atom. The molecule has 16 nitrogen and oxygen atoms in total. The van der Waals surface area contributed by atoms with Gasteiger partial charge in [0.15, 0.2) is 42.6 Å². The summed E-state index contributed by atoms with van der Waals surface area (Å²) in [4.78, 5) is 53.7. The van der Waals surface area contributed by atoms with E-state index >= 15 is 0 Å². The molecule has 1 aliphatic rings. The first-order valence-electron chi connectivity index (χ1n) is 10.9. The molecule has 1 fully saturated rings. The predicted molar refractivity (Wildman–Crippen MR) is 136 cm³/mol. The van der Waals surface area contributed by atoms with Crippen LogP contribution in [0.3, 0.4) is 0 Å². The minimum atomic E-state index is -5.10.